The Morgan fingerprint density at radius 3 is 2.61 bits per heavy atom. The van der Waals surface area contributed by atoms with Crippen LogP contribution in [0.4, 0.5) is 0 Å². The molecule has 1 amide bonds. The molecule has 0 aromatic carbocycles. The van der Waals surface area contributed by atoms with Crippen molar-refractivity contribution in [3.8, 4) is 0 Å². The molecule has 1 fully saturated rings. The van der Waals surface area contributed by atoms with E-state index in [2.05, 4.69) is 5.32 Å². The van der Waals surface area contributed by atoms with Crippen molar-refractivity contribution in [3.05, 3.63) is 0 Å². The first kappa shape index (κ1) is 15.4. The molecule has 1 saturated heterocycles. The lowest BCUT2D eigenvalue weighted by atomic mass is 10.1. The maximum absolute atomic E-state index is 11.6. The first-order valence-corrected chi connectivity index (χ1v) is 8.04. The van der Waals surface area contributed by atoms with Gasteiger partial charge in [-0.3, -0.25) is 4.79 Å². The molecule has 0 saturated carbocycles. The highest BCUT2D eigenvalue weighted by molar-refractivity contribution is 7.92. The Morgan fingerprint density at radius 1 is 1.44 bits per heavy atom. The molecule has 0 aromatic heterocycles. The van der Waals surface area contributed by atoms with E-state index < -0.39 is 21.5 Å². The zero-order chi connectivity index (χ0) is 13.6. The summed E-state index contributed by atoms with van der Waals surface area (Å²) in [7, 11) is -3.35. The molecule has 1 aliphatic heterocycles. The monoisotopic (exact) mass is 278 g/mol. The summed E-state index contributed by atoms with van der Waals surface area (Å²) >= 11 is 0. The summed E-state index contributed by atoms with van der Waals surface area (Å²) in [6.07, 6.45) is 1.87. The minimum atomic E-state index is -3.35. The predicted octanol–water partition coefficient (Wildman–Crippen LogP) is -0.566. The van der Waals surface area contributed by atoms with Crippen molar-refractivity contribution in [1.29, 1.82) is 0 Å². The van der Waals surface area contributed by atoms with Crippen LogP contribution in [0, 0.1) is 0 Å². The van der Waals surface area contributed by atoms with Crippen molar-refractivity contribution >= 4 is 15.7 Å². The summed E-state index contributed by atoms with van der Waals surface area (Å²) in [5.41, 5.74) is 5.50. The zero-order valence-corrected chi connectivity index (χ0v) is 11.5. The van der Waals surface area contributed by atoms with Gasteiger partial charge in [0, 0.05) is 25.3 Å². The summed E-state index contributed by atoms with van der Waals surface area (Å²) in [6, 6.07) is -0.131. The van der Waals surface area contributed by atoms with E-state index in [1.165, 1.54) is 0 Å². The number of hydrogen-bond acceptors (Lipinski definition) is 5. The van der Waals surface area contributed by atoms with Crippen LogP contribution in [0.5, 0.6) is 0 Å². The Bertz CT molecular complexity index is 361. The van der Waals surface area contributed by atoms with Crippen LogP contribution in [-0.4, -0.2) is 51.1 Å². The van der Waals surface area contributed by atoms with E-state index in [0.29, 0.717) is 19.6 Å². The van der Waals surface area contributed by atoms with Gasteiger partial charge in [0.1, 0.15) is 5.75 Å². The molecule has 0 radical (unpaired) electrons. The topological polar surface area (TPSA) is 98.5 Å². The molecule has 0 spiro atoms. The molecule has 1 atom stereocenters. The highest BCUT2D eigenvalue weighted by Crippen LogP contribution is 2.06. The van der Waals surface area contributed by atoms with Gasteiger partial charge in [0.2, 0.25) is 5.91 Å². The first-order valence-electron chi connectivity index (χ1n) is 6.22. The van der Waals surface area contributed by atoms with Crippen LogP contribution in [0.15, 0.2) is 0 Å². The molecule has 0 aliphatic carbocycles. The highest BCUT2D eigenvalue weighted by Gasteiger charge is 2.21. The quantitative estimate of drug-likeness (QED) is 0.678. The van der Waals surface area contributed by atoms with Crippen LogP contribution < -0.4 is 11.1 Å². The Hall–Kier alpha value is -0.660. The SMILES string of the molecule is CC(N)CCS(=O)(=O)CC(=O)NC1CCOCC1. The molecule has 0 aromatic rings. The number of hydrogen-bond donors (Lipinski definition) is 2. The van der Waals surface area contributed by atoms with Gasteiger partial charge in [0.25, 0.3) is 0 Å². The van der Waals surface area contributed by atoms with Crippen LogP contribution in [0.2, 0.25) is 0 Å². The molecular formula is C11H22N2O4S. The molecule has 1 rings (SSSR count). The Labute approximate surface area is 108 Å². The van der Waals surface area contributed by atoms with E-state index >= 15 is 0 Å². The van der Waals surface area contributed by atoms with E-state index in [0.717, 1.165) is 12.8 Å². The fraction of sp³-hybridized carbons (Fsp3) is 0.909. The molecule has 7 heteroatoms. The average Bonchev–Trinajstić information content (AvgIpc) is 2.27. The lowest BCUT2D eigenvalue weighted by molar-refractivity contribution is -0.119. The van der Waals surface area contributed by atoms with E-state index in [1.54, 1.807) is 6.92 Å². The van der Waals surface area contributed by atoms with Gasteiger partial charge < -0.3 is 15.8 Å². The number of rotatable bonds is 6. The van der Waals surface area contributed by atoms with Gasteiger partial charge in [-0.2, -0.15) is 0 Å². The maximum atomic E-state index is 11.6. The summed E-state index contributed by atoms with van der Waals surface area (Å²) < 4.78 is 28.5. The Morgan fingerprint density at radius 2 is 2.06 bits per heavy atom. The smallest absolute Gasteiger partial charge is 0.235 e. The number of ether oxygens (including phenoxy) is 1. The second-order valence-corrected chi connectivity index (χ2v) is 7.00. The summed E-state index contributed by atoms with van der Waals surface area (Å²) in [5.74, 6) is -0.908. The zero-order valence-electron chi connectivity index (χ0n) is 10.7. The molecule has 1 unspecified atom stereocenters. The van der Waals surface area contributed by atoms with Crippen molar-refractivity contribution in [2.75, 3.05) is 24.7 Å². The van der Waals surface area contributed by atoms with Gasteiger partial charge in [0.15, 0.2) is 9.84 Å². The molecular weight excluding hydrogens is 256 g/mol. The van der Waals surface area contributed by atoms with Crippen LogP contribution in [0.25, 0.3) is 0 Å². The predicted molar refractivity (Wildman–Crippen MR) is 68.9 cm³/mol. The first-order chi connectivity index (χ1) is 8.39. The summed E-state index contributed by atoms with van der Waals surface area (Å²) in [4.78, 5) is 11.6. The second kappa shape index (κ2) is 7.06. The molecule has 3 N–H and O–H groups in total. The molecule has 0 bridgehead atoms. The third-order valence-electron chi connectivity index (χ3n) is 2.82. The third kappa shape index (κ3) is 6.32. The van der Waals surface area contributed by atoms with Crippen LogP contribution in [0.1, 0.15) is 26.2 Å². The Balaban J connectivity index is 2.33. The molecule has 18 heavy (non-hydrogen) atoms. The van der Waals surface area contributed by atoms with E-state index in [-0.39, 0.29) is 17.8 Å². The van der Waals surface area contributed by atoms with Gasteiger partial charge >= 0.3 is 0 Å². The minimum Gasteiger partial charge on any atom is -0.381 e. The maximum Gasteiger partial charge on any atom is 0.235 e. The molecule has 6 nitrogen and oxygen atoms in total. The summed E-state index contributed by atoms with van der Waals surface area (Å²) in [6.45, 7) is 2.97. The number of carbonyl (C=O) groups is 1. The van der Waals surface area contributed by atoms with Gasteiger partial charge in [-0.15, -0.1) is 0 Å². The van der Waals surface area contributed by atoms with Crippen molar-refractivity contribution in [3.63, 3.8) is 0 Å². The lowest BCUT2D eigenvalue weighted by Crippen LogP contribution is -2.42. The van der Waals surface area contributed by atoms with Crippen molar-refractivity contribution in [2.45, 2.75) is 38.3 Å². The molecule has 106 valence electrons. The van der Waals surface area contributed by atoms with E-state index in [9.17, 15) is 13.2 Å². The second-order valence-electron chi connectivity index (χ2n) is 4.81. The van der Waals surface area contributed by atoms with Crippen LogP contribution >= 0.6 is 0 Å². The van der Waals surface area contributed by atoms with Crippen molar-refractivity contribution < 1.29 is 17.9 Å². The van der Waals surface area contributed by atoms with Crippen LogP contribution in [-0.2, 0) is 19.4 Å². The van der Waals surface area contributed by atoms with Gasteiger partial charge in [-0.25, -0.2) is 8.42 Å². The lowest BCUT2D eigenvalue weighted by Gasteiger charge is -2.23. The number of amides is 1. The normalized spacial score (nSPS) is 19.4. The van der Waals surface area contributed by atoms with Gasteiger partial charge in [-0.05, 0) is 26.2 Å². The number of nitrogens with two attached hydrogens (primary N) is 1. The standard InChI is InChI=1S/C11H22N2O4S/c1-9(12)4-7-18(15,16)8-11(14)13-10-2-5-17-6-3-10/h9-10H,2-8,12H2,1H3,(H,13,14). The fourth-order valence-corrected chi connectivity index (χ4v) is 3.11. The van der Waals surface area contributed by atoms with Crippen molar-refractivity contribution in [1.82, 2.24) is 5.32 Å². The highest BCUT2D eigenvalue weighted by atomic mass is 32.2. The van der Waals surface area contributed by atoms with Gasteiger partial charge in [0.05, 0.1) is 5.75 Å². The van der Waals surface area contributed by atoms with E-state index in [4.69, 9.17) is 10.5 Å². The number of nitrogens with one attached hydrogen (secondary N) is 1. The number of sulfone groups is 1. The minimum absolute atomic E-state index is 0.0358. The fourth-order valence-electron chi connectivity index (χ4n) is 1.75. The Kier molecular flexibility index (Phi) is 6.04. The largest absolute Gasteiger partial charge is 0.381 e. The van der Waals surface area contributed by atoms with Crippen molar-refractivity contribution in [2.24, 2.45) is 5.73 Å². The van der Waals surface area contributed by atoms with Crippen LogP contribution in [0.3, 0.4) is 0 Å². The molecule has 1 aliphatic rings. The molecule has 1 heterocycles. The number of carbonyl (C=O) groups excluding carboxylic acids is 1. The average molecular weight is 278 g/mol. The third-order valence-corrected chi connectivity index (χ3v) is 4.38. The summed E-state index contributed by atoms with van der Waals surface area (Å²) in [5, 5.41) is 2.73. The van der Waals surface area contributed by atoms with E-state index in [1.807, 2.05) is 0 Å². The van der Waals surface area contributed by atoms with Gasteiger partial charge in [-0.1, -0.05) is 0 Å².